The molecule has 0 saturated heterocycles. The molecule has 0 aliphatic rings. The van der Waals surface area contributed by atoms with Gasteiger partial charge in [0.15, 0.2) is 5.58 Å². The van der Waals surface area contributed by atoms with Gasteiger partial charge in [-0.2, -0.15) is 0 Å². The first kappa shape index (κ1) is 11.3. The molecule has 0 radical (unpaired) electrons. The van der Waals surface area contributed by atoms with Crippen molar-refractivity contribution in [3.8, 4) is 0 Å². The highest BCUT2D eigenvalue weighted by Gasteiger charge is 2.03. The first-order chi connectivity index (χ1) is 9.11. The summed E-state index contributed by atoms with van der Waals surface area (Å²) in [6.45, 7) is 1.84. The summed E-state index contributed by atoms with van der Waals surface area (Å²) in [5.74, 6) is 0.227. The zero-order valence-corrected chi connectivity index (χ0v) is 10.2. The number of aryl methyl sites for hydroxylation is 1. The Labute approximate surface area is 108 Å². The SMILES string of the molecule is Cc1nc(Nc2ccc3oc(=O)[nH]c3c2)ccc1N. The minimum Gasteiger partial charge on any atom is -0.408 e. The number of oxazole rings is 1. The third kappa shape index (κ3) is 2.15. The number of nitrogen functional groups attached to an aromatic ring is 1. The van der Waals surface area contributed by atoms with Crippen LogP contribution >= 0.6 is 0 Å². The molecule has 0 saturated carbocycles. The van der Waals surface area contributed by atoms with E-state index in [1.807, 2.05) is 13.0 Å². The van der Waals surface area contributed by atoms with Crippen molar-refractivity contribution in [1.29, 1.82) is 0 Å². The molecular formula is C13H12N4O2. The van der Waals surface area contributed by atoms with Gasteiger partial charge in [0.05, 0.1) is 16.9 Å². The lowest BCUT2D eigenvalue weighted by Gasteiger charge is -2.07. The van der Waals surface area contributed by atoms with Crippen molar-refractivity contribution in [3.05, 3.63) is 46.6 Å². The highest BCUT2D eigenvalue weighted by atomic mass is 16.4. The number of nitrogens with zero attached hydrogens (tertiary/aromatic N) is 1. The van der Waals surface area contributed by atoms with E-state index in [1.165, 1.54) is 0 Å². The Morgan fingerprint density at radius 2 is 2.16 bits per heavy atom. The molecule has 2 heterocycles. The van der Waals surface area contributed by atoms with Crippen LogP contribution in [0, 0.1) is 6.92 Å². The van der Waals surface area contributed by atoms with Gasteiger partial charge in [-0.05, 0) is 37.3 Å². The number of pyridine rings is 1. The van der Waals surface area contributed by atoms with E-state index >= 15 is 0 Å². The number of nitrogens with two attached hydrogens (primary N) is 1. The maximum absolute atomic E-state index is 11.1. The quantitative estimate of drug-likeness (QED) is 0.652. The molecule has 0 unspecified atom stereocenters. The molecule has 0 atom stereocenters. The molecule has 0 bridgehead atoms. The number of hydrogen-bond acceptors (Lipinski definition) is 5. The second kappa shape index (κ2) is 4.16. The van der Waals surface area contributed by atoms with Crippen LogP contribution in [-0.2, 0) is 0 Å². The van der Waals surface area contributed by atoms with E-state index < -0.39 is 5.76 Å². The van der Waals surface area contributed by atoms with Crippen LogP contribution in [0.1, 0.15) is 5.69 Å². The standard InChI is InChI=1S/C13H12N4O2/c1-7-9(14)3-5-12(15-7)16-8-2-4-11-10(6-8)17-13(18)19-11/h2-6H,14H2,1H3,(H,15,16)(H,17,18). The van der Waals surface area contributed by atoms with Crippen LogP contribution in [0.3, 0.4) is 0 Å². The van der Waals surface area contributed by atoms with Crippen molar-refractivity contribution in [3.63, 3.8) is 0 Å². The van der Waals surface area contributed by atoms with Crippen LogP contribution in [-0.4, -0.2) is 9.97 Å². The Morgan fingerprint density at radius 1 is 1.32 bits per heavy atom. The Bertz CT molecular complexity index is 804. The summed E-state index contributed by atoms with van der Waals surface area (Å²) in [6, 6.07) is 8.91. The van der Waals surface area contributed by atoms with Crippen molar-refractivity contribution in [2.75, 3.05) is 11.1 Å². The number of H-pyrrole nitrogens is 1. The second-order valence-electron chi connectivity index (χ2n) is 4.22. The van der Waals surface area contributed by atoms with Crippen LogP contribution in [0.4, 0.5) is 17.2 Å². The van der Waals surface area contributed by atoms with E-state index in [0.29, 0.717) is 22.6 Å². The summed E-state index contributed by atoms with van der Waals surface area (Å²) in [5, 5.41) is 3.14. The van der Waals surface area contributed by atoms with Crippen LogP contribution in [0.2, 0.25) is 0 Å². The molecule has 0 aliphatic heterocycles. The first-order valence-electron chi connectivity index (χ1n) is 5.75. The molecule has 0 aliphatic carbocycles. The van der Waals surface area contributed by atoms with Crippen molar-refractivity contribution in [2.24, 2.45) is 0 Å². The van der Waals surface area contributed by atoms with Gasteiger partial charge >= 0.3 is 5.76 Å². The van der Waals surface area contributed by atoms with Gasteiger partial charge < -0.3 is 15.5 Å². The number of rotatable bonds is 2. The molecule has 6 heteroatoms. The van der Waals surface area contributed by atoms with E-state index in [-0.39, 0.29) is 0 Å². The van der Waals surface area contributed by atoms with Crippen molar-refractivity contribution in [2.45, 2.75) is 6.92 Å². The summed E-state index contributed by atoms with van der Waals surface area (Å²) in [7, 11) is 0. The maximum atomic E-state index is 11.1. The average molecular weight is 256 g/mol. The van der Waals surface area contributed by atoms with Gasteiger partial charge in [0.2, 0.25) is 0 Å². The Hall–Kier alpha value is -2.76. The van der Waals surface area contributed by atoms with Gasteiger partial charge in [-0.15, -0.1) is 0 Å². The fourth-order valence-electron chi connectivity index (χ4n) is 1.82. The predicted octanol–water partition coefficient (Wildman–Crippen LogP) is 2.15. The van der Waals surface area contributed by atoms with Crippen molar-refractivity contribution >= 4 is 28.3 Å². The van der Waals surface area contributed by atoms with Gasteiger partial charge in [0.1, 0.15) is 5.82 Å². The number of fused-ring (bicyclic) bond motifs is 1. The minimum atomic E-state index is -0.464. The molecule has 96 valence electrons. The van der Waals surface area contributed by atoms with Gasteiger partial charge in [-0.1, -0.05) is 0 Å². The third-order valence-electron chi connectivity index (χ3n) is 2.82. The molecule has 0 amide bonds. The van der Waals surface area contributed by atoms with Gasteiger partial charge in [-0.3, -0.25) is 4.98 Å². The third-order valence-corrected chi connectivity index (χ3v) is 2.82. The molecule has 6 nitrogen and oxygen atoms in total. The van der Waals surface area contributed by atoms with Gasteiger partial charge in [0.25, 0.3) is 0 Å². The molecule has 0 spiro atoms. The summed E-state index contributed by atoms with van der Waals surface area (Å²) in [4.78, 5) is 18.0. The zero-order valence-electron chi connectivity index (χ0n) is 10.2. The number of benzene rings is 1. The van der Waals surface area contributed by atoms with Gasteiger partial charge in [-0.25, -0.2) is 9.78 Å². The summed E-state index contributed by atoms with van der Waals surface area (Å²) < 4.78 is 4.94. The normalized spacial score (nSPS) is 10.8. The fraction of sp³-hybridized carbons (Fsp3) is 0.0769. The highest BCUT2D eigenvalue weighted by Crippen LogP contribution is 2.20. The Morgan fingerprint density at radius 3 is 2.95 bits per heavy atom. The molecule has 2 aromatic heterocycles. The van der Waals surface area contributed by atoms with E-state index in [9.17, 15) is 4.79 Å². The number of anilines is 3. The van der Waals surface area contributed by atoms with E-state index in [4.69, 9.17) is 10.2 Å². The van der Waals surface area contributed by atoms with Crippen LogP contribution in [0.15, 0.2) is 39.5 Å². The fourth-order valence-corrected chi connectivity index (χ4v) is 1.82. The largest absolute Gasteiger partial charge is 0.417 e. The average Bonchev–Trinajstić information content (AvgIpc) is 2.73. The van der Waals surface area contributed by atoms with Gasteiger partial charge in [0, 0.05) is 5.69 Å². The summed E-state index contributed by atoms with van der Waals surface area (Å²) >= 11 is 0. The van der Waals surface area contributed by atoms with E-state index in [0.717, 1.165) is 11.4 Å². The molecule has 0 fully saturated rings. The second-order valence-corrected chi connectivity index (χ2v) is 4.22. The first-order valence-corrected chi connectivity index (χ1v) is 5.75. The number of aromatic nitrogens is 2. The number of aromatic amines is 1. The van der Waals surface area contributed by atoms with Crippen molar-refractivity contribution in [1.82, 2.24) is 9.97 Å². The van der Waals surface area contributed by atoms with Crippen LogP contribution in [0.25, 0.3) is 11.1 Å². The highest BCUT2D eigenvalue weighted by molar-refractivity contribution is 5.78. The number of nitrogens with one attached hydrogen (secondary N) is 2. The molecular weight excluding hydrogens is 244 g/mol. The molecule has 19 heavy (non-hydrogen) atoms. The maximum Gasteiger partial charge on any atom is 0.417 e. The van der Waals surface area contributed by atoms with E-state index in [1.54, 1.807) is 24.3 Å². The van der Waals surface area contributed by atoms with E-state index in [2.05, 4.69) is 15.3 Å². The smallest absolute Gasteiger partial charge is 0.408 e. The van der Waals surface area contributed by atoms with Crippen LogP contribution in [0.5, 0.6) is 0 Å². The monoisotopic (exact) mass is 256 g/mol. The minimum absolute atomic E-state index is 0.464. The summed E-state index contributed by atoms with van der Waals surface area (Å²) in [5.41, 5.74) is 9.11. The molecule has 4 N–H and O–H groups in total. The number of hydrogen-bond donors (Lipinski definition) is 3. The predicted molar refractivity (Wildman–Crippen MR) is 73.5 cm³/mol. The lowest BCUT2D eigenvalue weighted by molar-refractivity contribution is 0.555. The zero-order chi connectivity index (χ0) is 13.4. The Kier molecular flexibility index (Phi) is 2.49. The Balaban J connectivity index is 1.95. The molecule has 3 rings (SSSR count). The molecule has 1 aromatic carbocycles. The lowest BCUT2D eigenvalue weighted by Crippen LogP contribution is -1.98. The summed E-state index contributed by atoms with van der Waals surface area (Å²) in [6.07, 6.45) is 0. The van der Waals surface area contributed by atoms with Crippen molar-refractivity contribution < 1.29 is 4.42 Å². The molecule has 3 aromatic rings. The van der Waals surface area contributed by atoms with Crippen LogP contribution < -0.4 is 16.8 Å². The topological polar surface area (TPSA) is 96.9 Å². The lowest BCUT2D eigenvalue weighted by atomic mass is 10.2.